The molecular weight excluding hydrogens is 302 g/mol. The minimum atomic E-state index is -0.874. The van der Waals surface area contributed by atoms with Gasteiger partial charge in [0.25, 0.3) is 0 Å². The van der Waals surface area contributed by atoms with Gasteiger partial charge in [-0.05, 0) is 43.6 Å². The lowest BCUT2D eigenvalue weighted by Crippen LogP contribution is -2.33. The highest BCUT2D eigenvalue weighted by Gasteiger charge is 2.37. The number of benzene rings is 1. The average Bonchev–Trinajstić information content (AvgIpc) is 2.98. The molecule has 3 atom stereocenters. The zero-order chi connectivity index (χ0) is 17.1. The van der Waals surface area contributed by atoms with E-state index in [1.165, 1.54) is 25.7 Å². The molecule has 1 N–H and O–H groups in total. The van der Waals surface area contributed by atoms with E-state index in [0.29, 0.717) is 18.3 Å². The van der Waals surface area contributed by atoms with E-state index in [2.05, 4.69) is 0 Å². The molecule has 0 aromatic heterocycles. The molecule has 1 heterocycles. The van der Waals surface area contributed by atoms with Crippen LogP contribution in [0.3, 0.4) is 0 Å². The first kappa shape index (κ1) is 17.0. The van der Waals surface area contributed by atoms with Crippen LogP contribution in [0.25, 0.3) is 0 Å². The summed E-state index contributed by atoms with van der Waals surface area (Å²) in [6.45, 7) is 3.66. The summed E-state index contributed by atoms with van der Waals surface area (Å²) in [5.41, 5.74) is 2.11. The maximum Gasteiger partial charge on any atom is 0.307 e. The van der Waals surface area contributed by atoms with Crippen molar-refractivity contribution in [3.63, 3.8) is 0 Å². The van der Waals surface area contributed by atoms with Gasteiger partial charge in [0, 0.05) is 19.5 Å². The molecule has 2 aliphatic rings. The number of hydrogen-bond donors (Lipinski definition) is 1. The van der Waals surface area contributed by atoms with E-state index in [0.717, 1.165) is 24.2 Å². The molecule has 3 unspecified atom stereocenters. The molecule has 0 bridgehead atoms. The van der Waals surface area contributed by atoms with Gasteiger partial charge in [-0.2, -0.15) is 0 Å². The Morgan fingerprint density at radius 2 is 1.88 bits per heavy atom. The molecule has 4 heteroatoms. The first-order valence-electron chi connectivity index (χ1n) is 9.09. The van der Waals surface area contributed by atoms with Crippen LogP contribution in [-0.4, -0.2) is 35.0 Å². The van der Waals surface area contributed by atoms with Gasteiger partial charge in [0.05, 0.1) is 5.92 Å². The molecule has 1 aliphatic heterocycles. The van der Waals surface area contributed by atoms with Crippen molar-refractivity contribution in [3.8, 4) is 0 Å². The van der Waals surface area contributed by atoms with Crippen molar-refractivity contribution in [2.75, 3.05) is 13.1 Å². The molecule has 4 nitrogen and oxygen atoms in total. The van der Waals surface area contributed by atoms with Crippen LogP contribution in [0.1, 0.15) is 43.2 Å². The fourth-order valence-corrected chi connectivity index (χ4v) is 4.32. The topological polar surface area (TPSA) is 57.6 Å². The number of carboxylic acid groups (broad SMARTS) is 1. The highest BCUT2D eigenvalue weighted by Crippen LogP contribution is 2.36. The normalized spacial score (nSPS) is 24.5. The Morgan fingerprint density at radius 3 is 2.46 bits per heavy atom. The predicted octanol–water partition coefficient (Wildman–Crippen LogP) is 3.28. The van der Waals surface area contributed by atoms with Crippen LogP contribution in [0.15, 0.2) is 24.3 Å². The molecule has 2 fully saturated rings. The van der Waals surface area contributed by atoms with E-state index in [4.69, 9.17) is 0 Å². The van der Waals surface area contributed by atoms with Gasteiger partial charge < -0.3 is 10.0 Å². The van der Waals surface area contributed by atoms with Gasteiger partial charge in [-0.3, -0.25) is 9.59 Å². The second-order valence-electron chi connectivity index (χ2n) is 7.54. The zero-order valence-corrected chi connectivity index (χ0v) is 14.4. The third-order valence-electron chi connectivity index (χ3n) is 5.66. The number of hydrogen-bond acceptors (Lipinski definition) is 2. The van der Waals surface area contributed by atoms with E-state index in [9.17, 15) is 14.7 Å². The van der Waals surface area contributed by atoms with Crippen LogP contribution in [0, 0.1) is 24.7 Å². The van der Waals surface area contributed by atoms with Gasteiger partial charge in [0.15, 0.2) is 0 Å². The Morgan fingerprint density at radius 1 is 1.21 bits per heavy atom. The Hall–Kier alpha value is -1.84. The van der Waals surface area contributed by atoms with Crippen LogP contribution in [0.4, 0.5) is 0 Å². The van der Waals surface area contributed by atoms with E-state index >= 15 is 0 Å². The summed E-state index contributed by atoms with van der Waals surface area (Å²) >= 11 is 0. The fraction of sp³-hybridized carbons (Fsp3) is 0.600. The van der Waals surface area contributed by atoms with Gasteiger partial charge in [-0.1, -0.05) is 42.7 Å². The number of aryl methyl sites for hydroxylation is 1. The van der Waals surface area contributed by atoms with Crippen LogP contribution >= 0.6 is 0 Å². The van der Waals surface area contributed by atoms with Gasteiger partial charge in [0.1, 0.15) is 0 Å². The Labute approximate surface area is 143 Å². The van der Waals surface area contributed by atoms with Crippen LogP contribution in [0.2, 0.25) is 0 Å². The number of carboxylic acids is 1. The maximum absolute atomic E-state index is 12.6. The molecule has 24 heavy (non-hydrogen) atoms. The fourth-order valence-electron chi connectivity index (χ4n) is 4.32. The summed E-state index contributed by atoms with van der Waals surface area (Å²) in [5.74, 6) is -0.210. The number of carbonyl (C=O) groups is 2. The number of nitrogens with zero attached hydrogens (tertiary/aromatic N) is 1. The Bertz CT molecular complexity index is 599. The second kappa shape index (κ2) is 7.37. The predicted molar refractivity (Wildman–Crippen MR) is 92.7 cm³/mol. The summed E-state index contributed by atoms with van der Waals surface area (Å²) in [5, 5.41) is 9.53. The van der Waals surface area contributed by atoms with Crippen molar-refractivity contribution in [1.29, 1.82) is 0 Å². The third kappa shape index (κ3) is 3.97. The Kier molecular flexibility index (Phi) is 5.22. The summed E-state index contributed by atoms with van der Waals surface area (Å²) in [4.78, 5) is 26.2. The summed E-state index contributed by atoms with van der Waals surface area (Å²) in [6.07, 6.45) is 5.52. The largest absolute Gasteiger partial charge is 0.481 e. The lowest BCUT2D eigenvalue weighted by Gasteiger charge is -2.22. The molecule has 1 saturated carbocycles. The number of aliphatic carboxylic acids is 1. The Balaban J connectivity index is 1.61. The average molecular weight is 329 g/mol. The number of likely N-dealkylation sites (tertiary alicyclic amines) is 1. The summed E-state index contributed by atoms with van der Waals surface area (Å²) in [6, 6.07) is 7.88. The molecule has 130 valence electrons. The highest BCUT2D eigenvalue weighted by atomic mass is 16.4. The number of carbonyl (C=O) groups excluding carboxylic acids is 1. The zero-order valence-electron chi connectivity index (χ0n) is 14.4. The smallest absolute Gasteiger partial charge is 0.307 e. The molecule has 1 aliphatic carbocycles. The molecule has 1 amide bonds. The highest BCUT2D eigenvalue weighted by molar-refractivity contribution is 5.82. The lowest BCUT2D eigenvalue weighted by molar-refractivity contribution is -0.145. The number of fused-ring (bicyclic) bond motifs is 1. The van der Waals surface area contributed by atoms with Crippen molar-refractivity contribution < 1.29 is 14.7 Å². The van der Waals surface area contributed by atoms with Crippen molar-refractivity contribution in [1.82, 2.24) is 4.90 Å². The van der Waals surface area contributed by atoms with E-state index in [1.54, 1.807) is 0 Å². The SMILES string of the molecule is Cc1cccc(CC(CC(=O)N2CC3CCCCC3C2)C(=O)O)c1. The van der Waals surface area contributed by atoms with E-state index in [-0.39, 0.29) is 12.3 Å². The van der Waals surface area contributed by atoms with E-state index in [1.807, 2.05) is 36.1 Å². The van der Waals surface area contributed by atoms with Gasteiger partial charge in [-0.25, -0.2) is 0 Å². The van der Waals surface area contributed by atoms with Crippen LogP contribution in [-0.2, 0) is 16.0 Å². The van der Waals surface area contributed by atoms with Crippen molar-refractivity contribution in [2.45, 2.75) is 45.4 Å². The number of rotatable bonds is 5. The second-order valence-corrected chi connectivity index (χ2v) is 7.54. The summed E-state index contributed by atoms with van der Waals surface area (Å²) in [7, 11) is 0. The van der Waals surface area contributed by atoms with Crippen molar-refractivity contribution >= 4 is 11.9 Å². The van der Waals surface area contributed by atoms with Crippen LogP contribution in [0.5, 0.6) is 0 Å². The van der Waals surface area contributed by atoms with Crippen molar-refractivity contribution in [2.24, 2.45) is 17.8 Å². The molecule has 1 aromatic rings. The molecule has 1 aromatic carbocycles. The molecule has 1 saturated heterocycles. The standard InChI is InChI=1S/C20H27NO3/c1-14-5-4-6-15(9-14)10-18(20(23)24)11-19(22)21-12-16-7-2-3-8-17(16)13-21/h4-6,9,16-18H,2-3,7-8,10-13H2,1H3,(H,23,24). The quantitative estimate of drug-likeness (QED) is 0.902. The van der Waals surface area contributed by atoms with Crippen molar-refractivity contribution in [3.05, 3.63) is 35.4 Å². The first-order valence-corrected chi connectivity index (χ1v) is 9.09. The van der Waals surface area contributed by atoms with Gasteiger partial charge in [-0.15, -0.1) is 0 Å². The monoisotopic (exact) mass is 329 g/mol. The minimum Gasteiger partial charge on any atom is -0.481 e. The molecule has 0 spiro atoms. The minimum absolute atomic E-state index is 0.0180. The molecule has 0 radical (unpaired) electrons. The van der Waals surface area contributed by atoms with Gasteiger partial charge in [0.2, 0.25) is 5.91 Å². The maximum atomic E-state index is 12.6. The third-order valence-corrected chi connectivity index (χ3v) is 5.66. The van der Waals surface area contributed by atoms with Crippen LogP contribution < -0.4 is 0 Å². The molecule has 3 rings (SSSR count). The number of amides is 1. The summed E-state index contributed by atoms with van der Waals surface area (Å²) < 4.78 is 0. The lowest BCUT2D eigenvalue weighted by atomic mass is 9.82. The van der Waals surface area contributed by atoms with Gasteiger partial charge >= 0.3 is 5.97 Å². The molecular formula is C20H27NO3. The van der Waals surface area contributed by atoms with E-state index < -0.39 is 11.9 Å². The first-order chi connectivity index (χ1) is 11.5.